The molecule has 0 saturated carbocycles. The summed E-state index contributed by atoms with van der Waals surface area (Å²) in [6.07, 6.45) is 13.8. The van der Waals surface area contributed by atoms with Crippen LogP contribution < -0.4 is 0 Å². The van der Waals surface area contributed by atoms with Crippen LogP contribution in [0.3, 0.4) is 0 Å². The molecule has 0 fully saturated rings. The van der Waals surface area contributed by atoms with Crippen LogP contribution in [-0.4, -0.2) is 42.2 Å². The average molecular weight is 301 g/mol. The van der Waals surface area contributed by atoms with E-state index in [4.69, 9.17) is 5.11 Å². The van der Waals surface area contributed by atoms with Gasteiger partial charge in [0.2, 0.25) is 0 Å². The van der Waals surface area contributed by atoms with Crippen LogP contribution >= 0.6 is 0 Å². The lowest BCUT2D eigenvalue weighted by Gasteiger charge is -2.35. The summed E-state index contributed by atoms with van der Waals surface area (Å²) in [5.74, 6) is -0.684. The molecule has 21 heavy (non-hydrogen) atoms. The quantitative estimate of drug-likeness (QED) is 0.368. The smallest absolute Gasteiger partial charge is 0.309 e. The molecule has 0 rings (SSSR count). The van der Waals surface area contributed by atoms with Crippen LogP contribution in [0.1, 0.15) is 84.5 Å². The Labute approximate surface area is 132 Å². The molecule has 0 aliphatic carbocycles. The number of hydrogen-bond donors (Lipinski definition) is 1. The van der Waals surface area contributed by atoms with E-state index in [2.05, 4.69) is 21.0 Å². The molecule has 1 N–H and O–H groups in total. The van der Waals surface area contributed by atoms with Gasteiger partial charge in [-0.3, -0.25) is 4.79 Å². The summed E-state index contributed by atoms with van der Waals surface area (Å²) in [5.41, 5.74) is 0. The summed E-state index contributed by atoms with van der Waals surface area (Å²) in [7, 11) is 4.31. The highest BCUT2D eigenvalue weighted by molar-refractivity contribution is 5.67. The van der Waals surface area contributed by atoms with Crippen LogP contribution in [0.2, 0.25) is 0 Å². The van der Waals surface area contributed by atoms with Crippen molar-refractivity contribution in [2.24, 2.45) is 0 Å². The summed E-state index contributed by atoms with van der Waals surface area (Å²) in [5, 5.41) is 8.88. The lowest BCUT2D eigenvalue weighted by atomic mass is 10.1. The minimum absolute atomic E-state index is 0.195. The van der Waals surface area contributed by atoms with E-state index in [0.29, 0.717) is 0 Å². The monoisotopic (exact) mass is 300 g/mol. The maximum Gasteiger partial charge on any atom is 0.309 e. The fourth-order valence-corrected chi connectivity index (χ4v) is 2.73. The summed E-state index contributed by atoms with van der Waals surface area (Å²) in [6, 6.07) is 0.195. The van der Waals surface area contributed by atoms with E-state index in [1.165, 1.54) is 64.2 Å². The third-order valence-corrected chi connectivity index (χ3v) is 4.75. The number of rotatable bonds is 14. The number of carbonyl (C=O) groups is 1. The van der Waals surface area contributed by atoms with Gasteiger partial charge in [-0.25, -0.2) is 0 Å². The standard InChI is InChI=1S/C18H37NO2/c1-5-6-7-8-9-10-11-12-13-14-15-19(3,4)17(2)16-18(20)21/h17H,5-16H2,1-4H3/p+1. The zero-order chi connectivity index (χ0) is 16.1. The highest BCUT2D eigenvalue weighted by Crippen LogP contribution is 2.15. The predicted molar refractivity (Wildman–Crippen MR) is 90.5 cm³/mol. The van der Waals surface area contributed by atoms with Gasteiger partial charge in [0, 0.05) is 0 Å². The Hall–Kier alpha value is -0.570. The molecule has 0 aliphatic heterocycles. The van der Waals surface area contributed by atoms with E-state index >= 15 is 0 Å². The molecule has 1 atom stereocenters. The number of aliphatic carboxylic acids is 1. The largest absolute Gasteiger partial charge is 0.481 e. The zero-order valence-electron chi connectivity index (χ0n) is 14.9. The van der Waals surface area contributed by atoms with Gasteiger partial charge in [-0.1, -0.05) is 58.3 Å². The first-order chi connectivity index (χ1) is 9.90. The fraction of sp³-hybridized carbons (Fsp3) is 0.944. The van der Waals surface area contributed by atoms with Gasteiger partial charge in [-0.05, 0) is 19.8 Å². The second-order valence-corrected chi connectivity index (χ2v) is 7.13. The summed E-state index contributed by atoms with van der Waals surface area (Å²) in [4.78, 5) is 10.8. The van der Waals surface area contributed by atoms with Gasteiger partial charge in [0.1, 0.15) is 0 Å². The van der Waals surface area contributed by atoms with Crippen molar-refractivity contribution >= 4 is 5.97 Å². The lowest BCUT2D eigenvalue weighted by Crippen LogP contribution is -2.48. The molecule has 3 nitrogen and oxygen atoms in total. The first kappa shape index (κ1) is 20.4. The summed E-state index contributed by atoms with van der Waals surface area (Å²) < 4.78 is 0.823. The molecule has 0 radical (unpaired) electrons. The zero-order valence-corrected chi connectivity index (χ0v) is 14.9. The Morgan fingerprint density at radius 2 is 1.33 bits per heavy atom. The Balaban J connectivity index is 3.50. The molecule has 0 aromatic carbocycles. The van der Waals surface area contributed by atoms with Gasteiger partial charge in [0.05, 0.1) is 33.1 Å². The van der Waals surface area contributed by atoms with E-state index in [-0.39, 0.29) is 12.5 Å². The van der Waals surface area contributed by atoms with Gasteiger partial charge >= 0.3 is 5.97 Å². The topological polar surface area (TPSA) is 37.3 Å². The minimum atomic E-state index is -0.684. The van der Waals surface area contributed by atoms with Crippen LogP contribution in [0.5, 0.6) is 0 Å². The molecule has 1 unspecified atom stereocenters. The van der Waals surface area contributed by atoms with E-state index < -0.39 is 5.97 Å². The summed E-state index contributed by atoms with van der Waals surface area (Å²) >= 11 is 0. The van der Waals surface area contributed by atoms with Crippen molar-refractivity contribution in [3.8, 4) is 0 Å². The van der Waals surface area contributed by atoms with Crippen molar-refractivity contribution in [2.45, 2.75) is 90.5 Å². The van der Waals surface area contributed by atoms with Crippen LogP contribution in [0, 0.1) is 0 Å². The third-order valence-electron chi connectivity index (χ3n) is 4.75. The van der Waals surface area contributed by atoms with Gasteiger partial charge in [0.15, 0.2) is 0 Å². The molecule has 3 heteroatoms. The van der Waals surface area contributed by atoms with E-state index in [1.54, 1.807) is 0 Å². The third kappa shape index (κ3) is 11.7. The summed E-state index contributed by atoms with van der Waals surface area (Å²) in [6.45, 7) is 5.40. The molecule has 0 aliphatic rings. The number of nitrogens with zero attached hydrogens (tertiary/aromatic N) is 1. The first-order valence-corrected chi connectivity index (χ1v) is 8.94. The molecule has 126 valence electrons. The van der Waals surface area contributed by atoms with Crippen molar-refractivity contribution in [1.29, 1.82) is 0 Å². The number of unbranched alkanes of at least 4 members (excludes halogenated alkanes) is 9. The Morgan fingerprint density at radius 3 is 1.76 bits per heavy atom. The van der Waals surface area contributed by atoms with Crippen LogP contribution in [0.15, 0.2) is 0 Å². The van der Waals surface area contributed by atoms with Gasteiger partial charge in [0.25, 0.3) is 0 Å². The molecule has 0 aromatic rings. The second-order valence-electron chi connectivity index (χ2n) is 7.13. The Bertz CT molecular complexity index is 264. The number of hydrogen-bond acceptors (Lipinski definition) is 1. The van der Waals surface area contributed by atoms with Crippen molar-refractivity contribution in [2.75, 3.05) is 20.6 Å². The number of carboxylic acid groups (broad SMARTS) is 1. The molecule has 0 bridgehead atoms. The van der Waals surface area contributed by atoms with Crippen molar-refractivity contribution in [3.63, 3.8) is 0 Å². The van der Waals surface area contributed by atoms with Gasteiger partial charge < -0.3 is 9.59 Å². The van der Waals surface area contributed by atoms with Crippen LogP contribution in [0.4, 0.5) is 0 Å². The van der Waals surface area contributed by atoms with E-state index in [1.807, 2.05) is 6.92 Å². The van der Waals surface area contributed by atoms with Crippen molar-refractivity contribution < 1.29 is 14.4 Å². The predicted octanol–water partition coefficient (Wildman–Crippen LogP) is 4.85. The lowest BCUT2D eigenvalue weighted by molar-refractivity contribution is -0.912. The van der Waals surface area contributed by atoms with Gasteiger partial charge in [-0.2, -0.15) is 0 Å². The van der Waals surface area contributed by atoms with Crippen molar-refractivity contribution in [1.82, 2.24) is 0 Å². The van der Waals surface area contributed by atoms with Gasteiger partial charge in [-0.15, -0.1) is 0 Å². The van der Waals surface area contributed by atoms with Crippen LogP contribution in [0.25, 0.3) is 0 Å². The van der Waals surface area contributed by atoms with Crippen molar-refractivity contribution in [3.05, 3.63) is 0 Å². The molecule has 0 spiro atoms. The first-order valence-electron chi connectivity index (χ1n) is 8.94. The van der Waals surface area contributed by atoms with E-state index in [0.717, 1.165) is 11.0 Å². The van der Waals surface area contributed by atoms with E-state index in [9.17, 15) is 4.79 Å². The van der Waals surface area contributed by atoms with Crippen LogP contribution in [-0.2, 0) is 4.79 Å². The normalized spacial score (nSPS) is 13.3. The highest BCUT2D eigenvalue weighted by Gasteiger charge is 2.25. The Morgan fingerprint density at radius 1 is 0.905 bits per heavy atom. The maximum absolute atomic E-state index is 10.8. The molecular formula is C18H38NO2+. The SMILES string of the molecule is CCCCCCCCCCCC[N+](C)(C)C(C)CC(=O)O. The molecule has 0 saturated heterocycles. The minimum Gasteiger partial charge on any atom is -0.481 e. The Kier molecular flexibility index (Phi) is 11.7. The number of carboxylic acids is 1. The maximum atomic E-state index is 10.8. The average Bonchev–Trinajstić information content (AvgIpc) is 2.40. The highest BCUT2D eigenvalue weighted by atomic mass is 16.4. The molecule has 0 aromatic heterocycles. The molecule has 0 heterocycles. The number of quaternary nitrogens is 1. The molecule has 0 amide bonds. The molecular weight excluding hydrogens is 262 g/mol. The fourth-order valence-electron chi connectivity index (χ4n) is 2.73. The second kappa shape index (κ2) is 12.0.